The number of piperidine rings is 1. The Balaban J connectivity index is 0.00000288. The van der Waals surface area contributed by atoms with E-state index >= 15 is 0 Å². The van der Waals surface area contributed by atoms with Gasteiger partial charge < -0.3 is 10.2 Å². The van der Waals surface area contributed by atoms with Gasteiger partial charge in [0.25, 0.3) is 5.91 Å². The Morgan fingerprint density at radius 2 is 1.92 bits per heavy atom. The predicted octanol–water partition coefficient (Wildman–Crippen LogP) is 2.28. The van der Waals surface area contributed by atoms with Gasteiger partial charge in [0.05, 0.1) is 4.90 Å². The van der Waals surface area contributed by atoms with Crippen LogP contribution in [0, 0.1) is 12.8 Å². The van der Waals surface area contributed by atoms with E-state index in [1.807, 2.05) is 4.90 Å². The summed E-state index contributed by atoms with van der Waals surface area (Å²) in [6, 6.07) is 4.94. The maximum atomic E-state index is 12.6. The van der Waals surface area contributed by atoms with Crippen molar-refractivity contribution in [1.29, 1.82) is 0 Å². The Bertz CT molecular complexity index is 668. The molecule has 1 aromatic rings. The van der Waals surface area contributed by atoms with Gasteiger partial charge in [0.1, 0.15) is 0 Å². The molecule has 0 spiro atoms. The quantitative estimate of drug-likeness (QED) is 0.858. The molecule has 0 unspecified atom stereocenters. The number of sulfone groups is 1. The van der Waals surface area contributed by atoms with E-state index in [4.69, 9.17) is 0 Å². The van der Waals surface area contributed by atoms with Crippen LogP contribution in [0.15, 0.2) is 23.1 Å². The molecule has 136 valence electrons. The summed E-state index contributed by atoms with van der Waals surface area (Å²) in [5, 5.41) is 3.35. The number of likely N-dealkylation sites (tertiary alicyclic amines) is 1. The molecule has 7 heteroatoms. The number of benzene rings is 1. The van der Waals surface area contributed by atoms with Crippen molar-refractivity contribution in [2.75, 3.05) is 32.4 Å². The minimum atomic E-state index is -3.32. The lowest BCUT2D eigenvalue weighted by Gasteiger charge is -2.32. The molecular formula is C17H27ClN2O3S. The molecule has 1 aliphatic rings. The van der Waals surface area contributed by atoms with Gasteiger partial charge in [0.2, 0.25) is 0 Å². The summed E-state index contributed by atoms with van der Waals surface area (Å²) in [7, 11) is -3.32. The monoisotopic (exact) mass is 374 g/mol. The van der Waals surface area contributed by atoms with E-state index in [2.05, 4.69) is 12.2 Å². The Labute approximate surface area is 151 Å². The summed E-state index contributed by atoms with van der Waals surface area (Å²) >= 11 is 0. The largest absolute Gasteiger partial charge is 0.339 e. The van der Waals surface area contributed by atoms with E-state index in [0.717, 1.165) is 39.0 Å². The topological polar surface area (TPSA) is 66.5 Å². The number of hydrogen-bond donors (Lipinski definition) is 1. The molecule has 2 rings (SSSR count). The third-order valence-corrected chi connectivity index (χ3v) is 5.66. The Kier molecular flexibility index (Phi) is 7.70. The molecule has 1 aromatic carbocycles. The number of rotatable bonds is 5. The maximum absolute atomic E-state index is 12.6. The highest BCUT2D eigenvalue weighted by atomic mass is 35.5. The summed E-state index contributed by atoms with van der Waals surface area (Å²) in [5.74, 6) is 0.542. The van der Waals surface area contributed by atoms with Crippen LogP contribution in [0.25, 0.3) is 0 Å². The fourth-order valence-electron chi connectivity index (χ4n) is 3.00. The summed E-state index contributed by atoms with van der Waals surface area (Å²) < 4.78 is 23.6. The number of amides is 1. The highest BCUT2D eigenvalue weighted by Gasteiger charge is 2.24. The van der Waals surface area contributed by atoms with Crippen LogP contribution in [0.3, 0.4) is 0 Å². The molecule has 1 saturated heterocycles. The highest BCUT2D eigenvalue weighted by molar-refractivity contribution is 7.90. The van der Waals surface area contributed by atoms with Gasteiger partial charge >= 0.3 is 0 Å². The van der Waals surface area contributed by atoms with Crippen molar-refractivity contribution in [3.05, 3.63) is 29.3 Å². The van der Waals surface area contributed by atoms with Crippen molar-refractivity contribution in [3.8, 4) is 0 Å². The van der Waals surface area contributed by atoms with Crippen LogP contribution in [0.1, 0.15) is 35.7 Å². The molecule has 5 nitrogen and oxygen atoms in total. The summed E-state index contributed by atoms with van der Waals surface area (Å²) in [5.41, 5.74) is 1.13. The van der Waals surface area contributed by atoms with Gasteiger partial charge in [-0.05, 0) is 56.5 Å². The van der Waals surface area contributed by atoms with Crippen LogP contribution < -0.4 is 5.32 Å². The summed E-state index contributed by atoms with van der Waals surface area (Å²) in [6.07, 6.45) is 3.16. The summed E-state index contributed by atoms with van der Waals surface area (Å²) in [4.78, 5) is 14.7. The van der Waals surface area contributed by atoms with Gasteiger partial charge in [-0.25, -0.2) is 8.42 Å². The minimum absolute atomic E-state index is 0. The normalized spacial score (nSPS) is 15.9. The first-order valence-electron chi connectivity index (χ1n) is 8.13. The van der Waals surface area contributed by atoms with Gasteiger partial charge in [-0.3, -0.25) is 4.79 Å². The zero-order valence-corrected chi connectivity index (χ0v) is 16.2. The van der Waals surface area contributed by atoms with Crippen molar-refractivity contribution in [3.63, 3.8) is 0 Å². The van der Waals surface area contributed by atoms with E-state index in [1.54, 1.807) is 19.1 Å². The number of nitrogens with one attached hydrogen (secondary N) is 1. The van der Waals surface area contributed by atoms with Gasteiger partial charge in [-0.2, -0.15) is 0 Å². The van der Waals surface area contributed by atoms with Gasteiger partial charge in [-0.1, -0.05) is 13.0 Å². The zero-order valence-electron chi connectivity index (χ0n) is 14.5. The number of nitrogens with zero attached hydrogens (tertiary/aromatic N) is 1. The third kappa shape index (κ3) is 5.19. The molecule has 1 fully saturated rings. The first-order chi connectivity index (χ1) is 10.8. The standard InChI is InChI=1S/C17H26N2O3S.ClH/c1-4-18-12-14-7-9-19(10-8-14)17(20)15-6-5-13(2)16(11-15)23(3,21)22;/h5-6,11,14,18H,4,7-10,12H2,1-3H3;1H. The van der Waals surface area contributed by atoms with E-state index in [0.29, 0.717) is 17.0 Å². The van der Waals surface area contributed by atoms with Gasteiger partial charge in [-0.15, -0.1) is 12.4 Å². The third-order valence-electron chi connectivity index (χ3n) is 4.42. The first kappa shape index (κ1) is 20.9. The lowest BCUT2D eigenvalue weighted by molar-refractivity contribution is 0.0690. The van der Waals surface area contributed by atoms with Gasteiger partial charge in [0.15, 0.2) is 9.84 Å². The zero-order chi connectivity index (χ0) is 17.0. The Morgan fingerprint density at radius 1 is 1.29 bits per heavy atom. The van der Waals surface area contributed by atoms with Gasteiger partial charge in [0, 0.05) is 24.9 Å². The number of carbonyl (C=O) groups excluding carboxylic acids is 1. The first-order valence-corrected chi connectivity index (χ1v) is 10.0. The molecular weight excluding hydrogens is 348 g/mol. The second-order valence-electron chi connectivity index (χ2n) is 6.30. The van der Waals surface area contributed by atoms with Crippen LogP contribution in [-0.2, 0) is 9.84 Å². The Hall–Kier alpha value is -1.11. The fourth-order valence-corrected chi connectivity index (χ4v) is 4.00. The lowest BCUT2D eigenvalue weighted by atomic mass is 9.96. The Morgan fingerprint density at radius 3 is 2.46 bits per heavy atom. The van der Waals surface area contributed by atoms with Crippen molar-refractivity contribution in [2.24, 2.45) is 5.92 Å². The van der Waals surface area contributed by atoms with Crippen molar-refractivity contribution >= 4 is 28.2 Å². The highest BCUT2D eigenvalue weighted by Crippen LogP contribution is 2.21. The molecule has 24 heavy (non-hydrogen) atoms. The number of hydrogen-bond acceptors (Lipinski definition) is 4. The average Bonchev–Trinajstić information content (AvgIpc) is 2.52. The molecule has 1 N–H and O–H groups in total. The average molecular weight is 375 g/mol. The molecule has 0 radical (unpaired) electrons. The SMILES string of the molecule is CCNCC1CCN(C(=O)c2ccc(C)c(S(C)(=O)=O)c2)CC1.Cl. The van der Waals surface area contributed by atoms with E-state index in [1.165, 1.54) is 12.3 Å². The van der Waals surface area contributed by atoms with Crippen LogP contribution in [0.5, 0.6) is 0 Å². The summed E-state index contributed by atoms with van der Waals surface area (Å²) in [6.45, 7) is 7.28. The van der Waals surface area contributed by atoms with E-state index < -0.39 is 9.84 Å². The fraction of sp³-hybridized carbons (Fsp3) is 0.588. The molecule has 0 bridgehead atoms. The van der Waals surface area contributed by atoms with Crippen molar-refractivity contribution in [2.45, 2.75) is 31.6 Å². The van der Waals surface area contributed by atoms with E-state index in [9.17, 15) is 13.2 Å². The van der Waals surface area contributed by atoms with Crippen molar-refractivity contribution < 1.29 is 13.2 Å². The predicted molar refractivity (Wildman–Crippen MR) is 98.7 cm³/mol. The van der Waals surface area contributed by atoms with E-state index in [-0.39, 0.29) is 23.2 Å². The minimum Gasteiger partial charge on any atom is -0.339 e. The molecule has 0 aliphatic carbocycles. The molecule has 0 saturated carbocycles. The van der Waals surface area contributed by atoms with Crippen LogP contribution in [0.2, 0.25) is 0 Å². The molecule has 0 aromatic heterocycles. The molecule has 1 amide bonds. The van der Waals surface area contributed by atoms with Crippen LogP contribution >= 0.6 is 12.4 Å². The van der Waals surface area contributed by atoms with Crippen molar-refractivity contribution in [1.82, 2.24) is 10.2 Å². The lowest BCUT2D eigenvalue weighted by Crippen LogP contribution is -2.40. The number of carbonyl (C=O) groups is 1. The maximum Gasteiger partial charge on any atom is 0.253 e. The molecule has 0 atom stereocenters. The second kappa shape index (κ2) is 8.83. The number of halogens is 1. The smallest absolute Gasteiger partial charge is 0.253 e. The van der Waals surface area contributed by atoms with Crippen LogP contribution in [0.4, 0.5) is 0 Å². The van der Waals surface area contributed by atoms with Crippen LogP contribution in [-0.4, -0.2) is 51.7 Å². The molecule has 1 aliphatic heterocycles. The second-order valence-corrected chi connectivity index (χ2v) is 8.28. The molecule has 1 heterocycles. The number of aryl methyl sites for hydroxylation is 1.